The molecule has 4 nitrogen and oxygen atoms in total. The third-order valence-corrected chi connectivity index (χ3v) is 2.02. The van der Waals surface area contributed by atoms with Crippen LogP contribution >= 0.6 is 0 Å². The van der Waals surface area contributed by atoms with Gasteiger partial charge in [0.1, 0.15) is 17.1 Å². The molecule has 3 N–H and O–H groups in total. The first-order valence-electron chi connectivity index (χ1n) is 4.11. The number of amides is 1. The second-order valence-corrected chi connectivity index (χ2v) is 3.13. The summed E-state index contributed by atoms with van der Waals surface area (Å²) in [6.07, 6.45) is 0. The lowest BCUT2D eigenvalue weighted by atomic mass is 10.1. The van der Waals surface area contributed by atoms with Gasteiger partial charge in [0.05, 0.1) is 5.39 Å². The van der Waals surface area contributed by atoms with E-state index in [1.54, 1.807) is 13.0 Å². The highest BCUT2D eigenvalue weighted by Gasteiger charge is 2.10. The topological polar surface area (TPSA) is 76.5 Å². The van der Waals surface area contributed by atoms with Gasteiger partial charge in [-0.05, 0) is 25.1 Å². The number of phenols is 1. The maximum Gasteiger partial charge on any atom is 0.248 e. The monoisotopic (exact) mass is 191 g/mol. The van der Waals surface area contributed by atoms with Gasteiger partial charge in [0, 0.05) is 5.56 Å². The van der Waals surface area contributed by atoms with E-state index in [4.69, 9.17) is 10.2 Å². The zero-order valence-electron chi connectivity index (χ0n) is 7.57. The zero-order chi connectivity index (χ0) is 10.3. The van der Waals surface area contributed by atoms with Crippen molar-refractivity contribution in [3.8, 4) is 5.75 Å². The molecule has 0 aliphatic carbocycles. The number of rotatable bonds is 1. The van der Waals surface area contributed by atoms with Gasteiger partial charge in [0.2, 0.25) is 5.91 Å². The number of phenolic OH excluding ortho intramolecular Hbond substituents is 1. The molecule has 1 heterocycles. The summed E-state index contributed by atoms with van der Waals surface area (Å²) in [5.74, 6) is 0.0984. The van der Waals surface area contributed by atoms with Gasteiger partial charge in [-0.1, -0.05) is 0 Å². The Morgan fingerprint density at radius 2 is 2.14 bits per heavy atom. The van der Waals surface area contributed by atoms with E-state index in [9.17, 15) is 9.90 Å². The highest BCUT2D eigenvalue weighted by molar-refractivity contribution is 5.98. The van der Waals surface area contributed by atoms with Crippen molar-refractivity contribution < 1.29 is 14.3 Å². The molecule has 0 spiro atoms. The number of carbonyl (C=O) groups excluding carboxylic acids is 1. The van der Waals surface area contributed by atoms with Crippen LogP contribution in [-0.4, -0.2) is 11.0 Å². The largest absolute Gasteiger partial charge is 0.507 e. The molecule has 0 radical (unpaired) electrons. The predicted octanol–water partition coefficient (Wildman–Crippen LogP) is 1.55. The smallest absolute Gasteiger partial charge is 0.248 e. The average Bonchev–Trinajstić information content (AvgIpc) is 2.45. The van der Waals surface area contributed by atoms with E-state index in [1.807, 2.05) is 0 Å². The standard InChI is InChI=1S/C10H9NO3/c1-5-2-7-8(12)3-6(10(11)13)4-9(7)14-5/h2-4,12H,1H3,(H2,11,13). The summed E-state index contributed by atoms with van der Waals surface area (Å²) in [7, 11) is 0. The molecule has 0 saturated heterocycles. The lowest BCUT2D eigenvalue weighted by Gasteiger charge is -1.97. The van der Waals surface area contributed by atoms with Crippen LogP contribution in [0.1, 0.15) is 16.1 Å². The van der Waals surface area contributed by atoms with E-state index in [2.05, 4.69) is 0 Å². The molecule has 2 rings (SSSR count). The number of hydrogen-bond donors (Lipinski definition) is 2. The van der Waals surface area contributed by atoms with E-state index in [0.717, 1.165) is 0 Å². The molecular formula is C10H9NO3. The normalized spacial score (nSPS) is 10.6. The van der Waals surface area contributed by atoms with E-state index < -0.39 is 5.91 Å². The quantitative estimate of drug-likeness (QED) is 0.717. The Morgan fingerprint density at radius 3 is 2.79 bits per heavy atom. The Kier molecular flexibility index (Phi) is 1.70. The number of nitrogens with two attached hydrogens (primary N) is 1. The maximum absolute atomic E-state index is 10.9. The highest BCUT2D eigenvalue weighted by atomic mass is 16.3. The number of carbonyl (C=O) groups is 1. The molecule has 0 fully saturated rings. The van der Waals surface area contributed by atoms with Crippen LogP contribution in [0.15, 0.2) is 22.6 Å². The summed E-state index contributed by atoms with van der Waals surface area (Å²) in [4.78, 5) is 10.9. The lowest BCUT2D eigenvalue weighted by Crippen LogP contribution is -2.10. The SMILES string of the molecule is Cc1cc2c(O)cc(C(N)=O)cc2o1. The Hall–Kier alpha value is -1.97. The van der Waals surface area contributed by atoms with Crippen molar-refractivity contribution in [1.82, 2.24) is 0 Å². The summed E-state index contributed by atoms with van der Waals surface area (Å²) in [6.45, 7) is 1.77. The molecule has 1 aromatic carbocycles. The number of benzene rings is 1. The van der Waals surface area contributed by atoms with Gasteiger partial charge in [-0.25, -0.2) is 0 Å². The van der Waals surface area contributed by atoms with Crippen molar-refractivity contribution in [3.05, 3.63) is 29.5 Å². The summed E-state index contributed by atoms with van der Waals surface area (Å²) in [5, 5.41) is 10.1. The minimum absolute atomic E-state index is 0.00755. The fraction of sp³-hybridized carbons (Fsp3) is 0.100. The number of aryl methyl sites for hydroxylation is 1. The molecule has 4 heteroatoms. The summed E-state index contributed by atoms with van der Waals surface area (Å²) < 4.78 is 5.27. The zero-order valence-corrected chi connectivity index (χ0v) is 7.57. The molecule has 1 amide bonds. The number of hydrogen-bond acceptors (Lipinski definition) is 3. The molecule has 0 bridgehead atoms. The minimum Gasteiger partial charge on any atom is -0.507 e. The van der Waals surface area contributed by atoms with Crippen LogP contribution in [-0.2, 0) is 0 Å². The Morgan fingerprint density at radius 1 is 1.43 bits per heavy atom. The highest BCUT2D eigenvalue weighted by Crippen LogP contribution is 2.29. The number of fused-ring (bicyclic) bond motifs is 1. The summed E-state index contributed by atoms with van der Waals surface area (Å²) in [5.41, 5.74) is 5.80. The second kappa shape index (κ2) is 2.77. The summed E-state index contributed by atoms with van der Waals surface area (Å²) >= 11 is 0. The summed E-state index contributed by atoms with van der Waals surface area (Å²) in [6, 6.07) is 4.56. The molecular weight excluding hydrogens is 182 g/mol. The van der Waals surface area contributed by atoms with Gasteiger partial charge in [-0.2, -0.15) is 0 Å². The van der Waals surface area contributed by atoms with E-state index in [1.165, 1.54) is 12.1 Å². The Bertz CT molecular complexity index is 513. The predicted molar refractivity (Wildman–Crippen MR) is 51.1 cm³/mol. The van der Waals surface area contributed by atoms with E-state index in [-0.39, 0.29) is 11.3 Å². The van der Waals surface area contributed by atoms with Crippen molar-refractivity contribution in [2.45, 2.75) is 6.92 Å². The van der Waals surface area contributed by atoms with Crippen LogP contribution < -0.4 is 5.73 Å². The van der Waals surface area contributed by atoms with Gasteiger partial charge in [-0.3, -0.25) is 4.79 Å². The van der Waals surface area contributed by atoms with Crippen LogP contribution in [0, 0.1) is 6.92 Å². The Balaban J connectivity index is 2.77. The molecule has 0 aliphatic heterocycles. The fourth-order valence-electron chi connectivity index (χ4n) is 1.39. The Labute approximate surface area is 79.9 Å². The molecule has 0 atom stereocenters. The van der Waals surface area contributed by atoms with Gasteiger partial charge < -0.3 is 15.3 Å². The molecule has 0 saturated carbocycles. The number of aromatic hydroxyl groups is 1. The number of furan rings is 1. The second-order valence-electron chi connectivity index (χ2n) is 3.13. The third kappa shape index (κ3) is 1.21. The van der Waals surface area contributed by atoms with E-state index >= 15 is 0 Å². The first-order chi connectivity index (χ1) is 6.58. The first kappa shape index (κ1) is 8.62. The van der Waals surface area contributed by atoms with Crippen molar-refractivity contribution in [2.24, 2.45) is 5.73 Å². The molecule has 14 heavy (non-hydrogen) atoms. The van der Waals surface area contributed by atoms with Crippen molar-refractivity contribution in [1.29, 1.82) is 0 Å². The molecule has 1 aromatic heterocycles. The molecule has 0 unspecified atom stereocenters. The van der Waals surface area contributed by atoms with Crippen molar-refractivity contribution in [2.75, 3.05) is 0 Å². The van der Waals surface area contributed by atoms with Crippen molar-refractivity contribution >= 4 is 16.9 Å². The third-order valence-electron chi connectivity index (χ3n) is 2.02. The van der Waals surface area contributed by atoms with Crippen LogP contribution in [0.3, 0.4) is 0 Å². The van der Waals surface area contributed by atoms with Gasteiger partial charge >= 0.3 is 0 Å². The number of primary amides is 1. The lowest BCUT2D eigenvalue weighted by molar-refractivity contribution is 0.1000. The van der Waals surface area contributed by atoms with Gasteiger partial charge in [0.25, 0.3) is 0 Å². The van der Waals surface area contributed by atoms with Gasteiger partial charge in [0.15, 0.2) is 0 Å². The van der Waals surface area contributed by atoms with Crippen LogP contribution in [0.5, 0.6) is 5.75 Å². The minimum atomic E-state index is -0.587. The molecule has 0 aliphatic rings. The van der Waals surface area contributed by atoms with Crippen LogP contribution in [0.25, 0.3) is 11.0 Å². The molecule has 72 valence electrons. The van der Waals surface area contributed by atoms with Crippen LogP contribution in [0.2, 0.25) is 0 Å². The average molecular weight is 191 g/mol. The van der Waals surface area contributed by atoms with Crippen LogP contribution in [0.4, 0.5) is 0 Å². The van der Waals surface area contributed by atoms with Gasteiger partial charge in [-0.15, -0.1) is 0 Å². The maximum atomic E-state index is 10.9. The first-order valence-corrected chi connectivity index (χ1v) is 4.11. The van der Waals surface area contributed by atoms with E-state index in [0.29, 0.717) is 16.7 Å². The van der Waals surface area contributed by atoms with Crippen molar-refractivity contribution in [3.63, 3.8) is 0 Å². The fourth-order valence-corrected chi connectivity index (χ4v) is 1.39. The molecule has 2 aromatic rings.